The number of hydrogen-bond acceptors (Lipinski definition) is 5. The smallest absolute Gasteiger partial charge is 0.329 e. The van der Waals surface area contributed by atoms with Gasteiger partial charge in [0, 0.05) is 37.3 Å². The number of aryl methyl sites for hydroxylation is 1. The summed E-state index contributed by atoms with van der Waals surface area (Å²) in [6, 6.07) is 1.90. The van der Waals surface area contributed by atoms with Gasteiger partial charge in [0.25, 0.3) is 11.5 Å². The van der Waals surface area contributed by atoms with Crippen molar-refractivity contribution in [1.82, 2.24) is 24.8 Å². The Morgan fingerprint density at radius 1 is 1.32 bits per heavy atom. The first kappa shape index (κ1) is 18.9. The second kappa shape index (κ2) is 7.50. The van der Waals surface area contributed by atoms with Crippen LogP contribution >= 0.6 is 0 Å². The lowest BCUT2D eigenvalue weighted by atomic mass is 10.1. The number of amides is 1. The highest BCUT2D eigenvalue weighted by Gasteiger charge is 2.33. The topological polar surface area (TPSA) is 100 Å². The summed E-state index contributed by atoms with van der Waals surface area (Å²) in [6.45, 7) is 3.82. The average Bonchev–Trinajstić information content (AvgIpc) is 3.43. The predicted octanol–water partition coefficient (Wildman–Crippen LogP) is 1.20. The van der Waals surface area contributed by atoms with Crippen molar-refractivity contribution < 1.29 is 4.79 Å². The molecule has 1 aliphatic heterocycles. The number of likely N-dealkylation sites (tertiary alicyclic amines) is 1. The van der Waals surface area contributed by atoms with Crippen molar-refractivity contribution in [3.63, 3.8) is 0 Å². The van der Waals surface area contributed by atoms with E-state index in [2.05, 4.69) is 15.3 Å². The van der Waals surface area contributed by atoms with E-state index in [9.17, 15) is 14.4 Å². The first-order chi connectivity index (χ1) is 13.5. The SMILES string of the molecule is CCCn1c(=O)[nH]c(=O)c2c(C(=O)N3CCCC3CNC)cc(C3CC3)nc21. The molecule has 28 heavy (non-hydrogen) atoms. The zero-order valence-corrected chi connectivity index (χ0v) is 16.5. The van der Waals surface area contributed by atoms with Crippen LogP contribution in [0.5, 0.6) is 0 Å². The largest absolute Gasteiger partial charge is 0.334 e. The summed E-state index contributed by atoms with van der Waals surface area (Å²) in [5, 5.41) is 3.38. The number of carbonyl (C=O) groups excluding carboxylic acids is 1. The molecule has 0 bridgehead atoms. The van der Waals surface area contributed by atoms with Crippen LogP contribution in [0.3, 0.4) is 0 Å². The number of likely N-dealkylation sites (N-methyl/N-ethyl adjacent to an activating group) is 1. The number of hydrogen-bond donors (Lipinski definition) is 2. The fourth-order valence-electron chi connectivity index (χ4n) is 4.19. The van der Waals surface area contributed by atoms with Gasteiger partial charge >= 0.3 is 5.69 Å². The first-order valence-electron chi connectivity index (χ1n) is 10.2. The van der Waals surface area contributed by atoms with E-state index in [4.69, 9.17) is 0 Å². The normalized spacial score (nSPS) is 19.5. The molecule has 2 aromatic heterocycles. The fraction of sp³-hybridized carbons (Fsp3) is 0.600. The molecule has 2 N–H and O–H groups in total. The van der Waals surface area contributed by atoms with Crippen molar-refractivity contribution in [2.75, 3.05) is 20.1 Å². The number of nitrogens with zero attached hydrogens (tertiary/aromatic N) is 3. The van der Waals surface area contributed by atoms with E-state index in [1.54, 1.807) is 6.07 Å². The summed E-state index contributed by atoms with van der Waals surface area (Å²) in [4.78, 5) is 47.5. The van der Waals surface area contributed by atoms with Crippen LogP contribution in [0.2, 0.25) is 0 Å². The third-order valence-corrected chi connectivity index (χ3v) is 5.72. The van der Waals surface area contributed by atoms with Crippen molar-refractivity contribution in [3.8, 4) is 0 Å². The Hall–Kier alpha value is -2.48. The van der Waals surface area contributed by atoms with E-state index >= 15 is 0 Å². The zero-order chi connectivity index (χ0) is 19.8. The van der Waals surface area contributed by atoms with Crippen molar-refractivity contribution in [1.29, 1.82) is 0 Å². The molecule has 1 saturated heterocycles. The lowest BCUT2D eigenvalue weighted by molar-refractivity contribution is 0.0738. The Bertz CT molecular complexity index is 1020. The van der Waals surface area contributed by atoms with Crippen molar-refractivity contribution >= 4 is 16.9 Å². The van der Waals surface area contributed by atoms with Crippen LogP contribution in [-0.4, -0.2) is 51.5 Å². The molecule has 2 aromatic rings. The molecule has 2 aliphatic rings. The maximum absolute atomic E-state index is 13.5. The number of aromatic amines is 1. The van der Waals surface area contributed by atoms with Crippen molar-refractivity contribution in [3.05, 3.63) is 38.2 Å². The molecule has 0 spiro atoms. The molecule has 1 saturated carbocycles. The second-order valence-corrected chi connectivity index (χ2v) is 7.83. The van der Waals surface area contributed by atoms with Gasteiger partial charge in [-0.1, -0.05) is 6.92 Å². The third-order valence-electron chi connectivity index (χ3n) is 5.72. The highest BCUT2D eigenvalue weighted by molar-refractivity contribution is 6.05. The molecule has 8 nitrogen and oxygen atoms in total. The minimum absolute atomic E-state index is 0.116. The highest BCUT2D eigenvalue weighted by Crippen LogP contribution is 2.40. The van der Waals surface area contributed by atoms with Gasteiger partial charge in [-0.3, -0.25) is 19.1 Å². The van der Waals surface area contributed by atoms with Crippen LogP contribution < -0.4 is 16.6 Å². The van der Waals surface area contributed by atoms with Crippen molar-refractivity contribution in [2.24, 2.45) is 0 Å². The van der Waals surface area contributed by atoms with Gasteiger partial charge in [-0.15, -0.1) is 0 Å². The minimum atomic E-state index is -0.532. The van der Waals surface area contributed by atoms with Crippen LogP contribution in [0.4, 0.5) is 0 Å². The van der Waals surface area contributed by atoms with E-state index in [0.29, 0.717) is 30.2 Å². The van der Waals surface area contributed by atoms with Crippen LogP contribution in [0.15, 0.2) is 15.7 Å². The Morgan fingerprint density at radius 3 is 2.79 bits per heavy atom. The molecule has 1 atom stereocenters. The van der Waals surface area contributed by atoms with E-state index in [1.807, 2.05) is 18.9 Å². The van der Waals surface area contributed by atoms with Gasteiger partial charge in [0.15, 0.2) is 5.65 Å². The van der Waals surface area contributed by atoms with E-state index in [-0.39, 0.29) is 17.3 Å². The van der Waals surface area contributed by atoms with E-state index in [0.717, 1.165) is 44.3 Å². The molecular weight excluding hydrogens is 358 g/mol. The molecule has 1 aliphatic carbocycles. The van der Waals surface area contributed by atoms with Crippen LogP contribution in [-0.2, 0) is 6.54 Å². The Balaban J connectivity index is 1.92. The number of fused-ring (bicyclic) bond motifs is 1. The third kappa shape index (κ3) is 3.26. The van der Waals surface area contributed by atoms with E-state index in [1.165, 1.54) is 4.57 Å². The maximum Gasteiger partial charge on any atom is 0.329 e. The Kier molecular flexibility index (Phi) is 5.05. The van der Waals surface area contributed by atoms with Crippen LogP contribution in [0.25, 0.3) is 11.0 Å². The molecule has 150 valence electrons. The molecule has 0 radical (unpaired) electrons. The molecule has 3 heterocycles. The van der Waals surface area contributed by atoms with Crippen LogP contribution in [0.1, 0.15) is 61.0 Å². The number of rotatable bonds is 6. The molecule has 2 fully saturated rings. The number of H-pyrrole nitrogens is 1. The molecule has 1 unspecified atom stereocenters. The predicted molar refractivity (Wildman–Crippen MR) is 107 cm³/mol. The number of pyridine rings is 1. The van der Waals surface area contributed by atoms with Crippen molar-refractivity contribution in [2.45, 2.75) is 57.5 Å². The maximum atomic E-state index is 13.5. The quantitative estimate of drug-likeness (QED) is 0.778. The Labute approximate surface area is 163 Å². The molecule has 4 rings (SSSR count). The summed E-state index contributed by atoms with van der Waals surface area (Å²) in [5.74, 6) is 0.173. The number of carbonyl (C=O) groups is 1. The van der Waals surface area contributed by atoms with Gasteiger partial charge < -0.3 is 10.2 Å². The lowest BCUT2D eigenvalue weighted by Gasteiger charge is -2.25. The average molecular weight is 385 g/mol. The number of nitrogens with one attached hydrogen (secondary N) is 2. The van der Waals surface area contributed by atoms with Gasteiger partial charge in [-0.25, -0.2) is 9.78 Å². The highest BCUT2D eigenvalue weighted by atomic mass is 16.2. The van der Waals surface area contributed by atoms with Gasteiger partial charge in [-0.05, 0) is 45.2 Å². The summed E-state index contributed by atoms with van der Waals surface area (Å²) < 4.78 is 1.49. The second-order valence-electron chi connectivity index (χ2n) is 7.83. The van der Waals surface area contributed by atoms with E-state index < -0.39 is 11.2 Å². The fourth-order valence-corrected chi connectivity index (χ4v) is 4.19. The molecule has 1 amide bonds. The van der Waals surface area contributed by atoms with Gasteiger partial charge in [-0.2, -0.15) is 0 Å². The van der Waals surface area contributed by atoms with Gasteiger partial charge in [0.05, 0.1) is 10.9 Å². The van der Waals surface area contributed by atoms with Gasteiger partial charge in [0.1, 0.15) is 0 Å². The summed E-state index contributed by atoms with van der Waals surface area (Å²) in [5.41, 5.74) is 0.533. The van der Waals surface area contributed by atoms with Gasteiger partial charge in [0.2, 0.25) is 0 Å². The number of aromatic nitrogens is 3. The lowest BCUT2D eigenvalue weighted by Crippen LogP contribution is -2.41. The molecule has 8 heteroatoms. The minimum Gasteiger partial charge on any atom is -0.334 e. The Morgan fingerprint density at radius 2 is 2.11 bits per heavy atom. The molecule has 0 aromatic carbocycles. The molecular formula is C20H27N5O3. The van der Waals surface area contributed by atoms with Crippen LogP contribution in [0, 0.1) is 0 Å². The standard InChI is InChI=1S/C20H27N5O3/c1-3-8-25-17-16(18(26)23-20(25)28)14(10-15(22-17)12-6-7-12)19(27)24-9-4-5-13(24)11-21-2/h10,12-13,21H,3-9,11H2,1-2H3,(H,23,26,28). The summed E-state index contributed by atoms with van der Waals surface area (Å²) >= 11 is 0. The summed E-state index contributed by atoms with van der Waals surface area (Å²) in [7, 11) is 1.88. The zero-order valence-electron chi connectivity index (χ0n) is 16.5. The monoisotopic (exact) mass is 385 g/mol. The first-order valence-corrected chi connectivity index (χ1v) is 10.2. The summed E-state index contributed by atoms with van der Waals surface area (Å²) in [6.07, 6.45) is 4.68.